The maximum Gasteiger partial charge on any atom is 0.326 e. The zero-order valence-corrected chi connectivity index (χ0v) is 9.76. The van der Waals surface area contributed by atoms with Gasteiger partial charge in [-0.15, -0.1) is 0 Å². The number of hydrogen-bond acceptors (Lipinski definition) is 3. The van der Waals surface area contributed by atoms with Crippen LogP contribution in [0.3, 0.4) is 0 Å². The fourth-order valence-corrected chi connectivity index (χ4v) is 0.998. The molecule has 0 heterocycles. The van der Waals surface area contributed by atoms with Gasteiger partial charge >= 0.3 is 5.97 Å². The summed E-state index contributed by atoms with van der Waals surface area (Å²) in [7, 11) is 1.66. The summed E-state index contributed by atoms with van der Waals surface area (Å²) in [4.78, 5) is 22.5. The van der Waals surface area contributed by atoms with Gasteiger partial charge in [0, 0.05) is 0 Å². The Morgan fingerprint density at radius 1 is 1.40 bits per heavy atom. The minimum Gasteiger partial charge on any atom is -0.480 e. The van der Waals surface area contributed by atoms with Gasteiger partial charge in [-0.3, -0.25) is 4.79 Å². The molecule has 0 aromatic rings. The lowest BCUT2D eigenvalue weighted by Crippen LogP contribution is -2.55. The van der Waals surface area contributed by atoms with E-state index in [2.05, 4.69) is 10.6 Å². The Morgan fingerprint density at radius 2 is 1.93 bits per heavy atom. The predicted octanol–water partition coefficient (Wildman–Crippen LogP) is 0.354. The van der Waals surface area contributed by atoms with E-state index in [1.807, 2.05) is 6.92 Å². The second-order valence-corrected chi connectivity index (χ2v) is 4.03. The second kappa shape index (κ2) is 5.70. The van der Waals surface area contributed by atoms with Crippen LogP contribution in [-0.2, 0) is 9.59 Å². The van der Waals surface area contributed by atoms with E-state index < -0.39 is 17.6 Å². The van der Waals surface area contributed by atoms with Crippen molar-refractivity contribution in [3.8, 4) is 0 Å². The topological polar surface area (TPSA) is 78.4 Å². The van der Waals surface area contributed by atoms with Crippen molar-refractivity contribution in [2.75, 3.05) is 7.05 Å². The summed E-state index contributed by atoms with van der Waals surface area (Å²) in [6.07, 6.45) is 1.16. The normalized spacial score (nSPS) is 13.3. The van der Waals surface area contributed by atoms with E-state index in [9.17, 15) is 9.59 Å². The summed E-state index contributed by atoms with van der Waals surface area (Å²) in [5.74, 6) is -1.29. The van der Waals surface area contributed by atoms with Crippen molar-refractivity contribution in [1.82, 2.24) is 10.6 Å². The largest absolute Gasteiger partial charge is 0.480 e. The van der Waals surface area contributed by atoms with Crippen LogP contribution >= 0.6 is 0 Å². The van der Waals surface area contributed by atoms with Crippen molar-refractivity contribution < 1.29 is 14.7 Å². The average molecular weight is 216 g/mol. The third kappa shape index (κ3) is 4.29. The molecule has 0 fully saturated rings. The van der Waals surface area contributed by atoms with Crippen LogP contribution in [0.2, 0.25) is 0 Å². The highest BCUT2D eigenvalue weighted by atomic mass is 16.4. The number of carbonyl (C=O) groups is 2. The molecule has 0 aliphatic rings. The Hall–Kier alpha value is -1.10. The first kappa shape index (κ1) is 13.9. The lowest BCUT2D eigenvalue weighted by molar-refractivity contribution is -0.142. The first-order valence-electron chi connectivity index (χ1n) is 5.07. The summed E-state index contributed by atoms with van der Waals surface area (Å²) in [6.45, 7) is 5.28. The molecule has 0 radical (unpaired) electrons. The highest BCUT2D eigenvalue weighted by molar-refractivity contribution is 5.89. The zero-order valence-electron chi connectivity index (χ0n) is 9.76. The standard InChI is InChI=1S/C10H20N2O3/c1-5-6-7(8(13)14)12-9(15)10(2,3)11-4/h7,11H,5-6H2,1-4H3,(H,12,15)(H,13,14)/t7-/m1/s1. The monoisotopic (exact) mass is 216 g/mol. The molecule has 0 aromatic heterocycles. The van der Waals surface area contributed by atoms with Crippen LogP contribution in [0.15, 0.2) is 0 Å². The first-order valence-corrected chi connectivity index (χ1v) is 5.07. The first-order chi connectivity index (χ1) is 6.85. The van der Waals surface area contributed by atoms with Gasteiger partial charge in [0.05, 0.1) is 5.54 Å². The lowest BCUT2D eigenvalue weighted by atomic mass is 10.0. The van der Waals surface area contributed by atoms with Crippen molar-refractivity contribution in [3.05, 3.63) is 0 Å². The summed E-state index contributed by atoms with van der Waals surface area (Å²) in [5.41, 5.74) is -0.749. The van der Waals surface area contributed by atoms with Crippen molar-refractivity contribution in [3.63, 3.8) is 0 Å². The summed E-state index contributed by atoms with van der Waals surface area (Å²) in [5, 5.41) is 14.2. The van der Waals surface area contributed by atoms with E-state index in [4.69, 9.17) is 5.11 Å². The Labute approximate surface area is 90.2 Å². The van der Waals surface area contributed by atoms with Gasteiger partial charge in [0.2, 0.25) is 5.91 Å². The number of rotatable bonds is 6. The van der Waals surface area contributed by atoms with Gasteiger partial charge in [-0.1, -0.05) is 13.3 Å². The SMILES string of the molecule is CCC[C@@H](NC(=O)C(C)(C)NC)C(=O)O. The zero-order chi connectivity index (χ0) is 12.1. The van der Waals surface area contributed by atoms with Crippen molar-refractivity contribution >= 4 is 11.9 Å². The molecule has 0 saturated heterocycles. The second-order valence-electron chi connectivity index (χ2n) is 4.03. The van der Waals surface area contributed by atoms with Crippen LogP contribution in [0, 0.1) is 0 Å². The van der Waals surface area contributed by atoms with Crippen LogP contribution in [0.25, 0.3) is 0 Å². The molecular weight excluding hydrogens is 196 g/mol. The Kier molecular flexibility index (Phi) is 5.28. The van der Waals surface area contributed by atoms with Gasteiger partial charge in [0.15, 0.2) is 0 Å². The van der Waals surface area contributed by atoms with Crippen LogP contribution in [0.5, 0.6) is 0 Å². The highest BCUT2D eigenvalue weighted by Crippen LogP contribution is 2.04. The van der Waals surface area contributed by atoms with E-state index in [1.54, 1.807) is 20.9 Å². The van der Waals surface area contributed by atoms with Crippen molar-refractivity contribution in [2.24, 2.45) is 0 Å². The van der Waals surface area contributed by atoms with Gasteiger partial charge in [-0.2, -0.15) is 0 Å². The van der Waals surface area contributed by atoms with Crippen LogP contribution in [-0.4, -0.2) is 35.6 Å². The van der Waals surface area contributed by atoms with E-state index in [0.29, 0.717) is 6.42 Å². The maximum atomic E-state index is 11.6. The number of nitrogens with one attached hydrogen (secondary N) is 2. The molecule has 0 rings (SSSR count). The van der Waals surface area contributed by atoms with Crippen LogP contribution in [0.1, 0.15) is 33.6 Å². The predicted molar refractivity (Wildman–Crippen MR) is 57.6 cm³/mol. The molecule has 0 spiro atoms. The van der Waals surface area contributed by atoms with Crippen LogP contribution in [0.4, 0.5) is 0 Å². The van der Waals surface area contributed by atoms with E-state index in [0.717, 1.165) is 6.42 Å². The molecule has 0 aromatic carbocycles. The summed E-state index contributed by atoms with van der Waals surface area (Å²) in [6, 6.07) is -0.796. The molecule has 3 N–H and O–H groups in total. The molecule has 5 heteroatoms. The number of amides is 1. The van der Waals surface area contributed by atoms with Gasteiger partial charge < -0.3 is 15.7 Å². The maximum absolute atomic E-state index is 11.6. The number of carbonyl (C=O) groups excluding carboxylic acids is 1. The molecule has 1 amide bonds. The van der Waals surface area contributed by atoms with Gasteiger partial charge in [0.1, 0.15) is 6.04 Å². The molecule has 15 heavy (non-hydrogen) atoms. The Bertz CT molecular complexity index is 239. The molecule has 0 aliphatic carbocycles. The summed E-state index contributed by atoms with van der Waals surface area (Å²) < 4.78 is 0. The summed E-state index contributed by atoms with van der Waals surface area (Å²) >= 11 is 0. The molecule has 0 saturated carbocycles. The molecule has 5 nitrogen and oxygen atoms in total. The van der Waals surface area contributed by atoms with Crippen molar-refractivity contribution in [1.29, 1.82) is 0 Å². The molecule has 0 aliphatic heterocycles. The smallest absolute Gasteiger partial charge is 0.326 e. The minimum atomic E-state index is -0.989. The fraction of sp³-hybridized carbons (Fsp3) is 0.800. The third-order valence-electron chi connectivity index (χ3n) is 2.37. The highest BCUT2D eigenvalue weighted by Gasteiger charge is 2.29. The molecular formula is C10H20N2O3. The van der Waals surface area contributed by atoms with E-state index >= 15 is 0 Å². The number of carboxylic acid groups (broad SMARTS) is 1. The van der Waals surface area contributed by atoms with E-state index in [1.165, 1.54) is 0 Å². The fourth-order valence-electron chi connectivity index (χ4n) is 0.998. The minimum absolute atomic E-state index is 0.300. The third-order valence-corrected chi connectivity index (χ3v) is 2.37. The van der Waals surface area contributed by atoms with Gasteiger partial charge in [-0.05, 0) is 27.3 Å². The van der Waals surface area contributed by atoms with Gasteiger partial charge in [-0.25, -0.2) is 4.79 Å². The number of carboxylic acids is 1. The number of aliphatic carboxylic acids is 1. The van der Waals surface area contributed by atoms with Gasteiger partial charge in [0.25, 0.3) is 0 Å². The van der Waals surface area contributed by atoms with Crippen molar-refractivity contribution in [2.45, 2.75) is 45.2 Å². The molecule has 88 valence electrons. The van der Waals surface area contributed by atoms with Crippen LogP contribution < -0.4 is 10.6 Å². The quantitative estimate of drug-likeness (QED) is 0.599. The van der Waals surface area contributed by atoms with E-state index in [-0.39, 0.29) is 5.91 Å². The average Bonchev–Trinajstić information content (AvgIpc) is 2.16. The number of likely N-dealkylation sites (N-methyl/N-ethyl adjacent to an activating group) is 1. The Morgan fingerprint density at radius 3 is 2.27 bits per heavy atom. The molecule has 0 bridgehead atoms. The lowest BCUT2D eigenvalue weighted by Gasteiger charge is -2.25. The Balaban J connectivity index is 4.41. The molecule has 0 unspecified atom stereocenters. The number of hydrogen-bond donors (Lipinski definition) is 3. The molecule has 1 atom stereocenters.